The van der Waals surface area contributed by atoms with Gasteiger partial charge in [-0.25, -0.2) is 0 Å². The van der Waals surface area contributed by atoms with Gasteiger partial charge in [0, 0.05) is 24.6 Å². The normalized spacial score (nSPS) is 19.1. The molecule has 1 aromatic carbocycles. The lowest BCUT2D eigenvalue weighted by atomic mass is 10.0. The van der Waals surface area contributed by atoms with Crippen molar-refractivity contribution in [2.24, 2.45) is 0 Å². The summed E-state index contributed by atoms with van der Waals surface area (Å²) in [4.78, 5) is 26.0. The average Bonchev–Trinajstić information content (AvgIpc) is 2.66. The Kier molecular flexibility index (Phi) is 4.99. The highest BCUT2D eigenvalue weighted by atomic mass is 16.3. The van der Waals surface area contributed by atoms with E-state index in [2.05, 4.69) is 0 Å². The molecule has 114 valence electrons. The third-order valence-electron chi connectivity index (χ3n) is 4.10. The number of phenolic OH excluding ortho intramolecular Hbond substituents is 1. The van der Waals surface area contributed by atoms with Gasteiger partial charge in [0.25, 0.3) is 5.91 Å². The first-order valence-corrected chi connectivity index (χ1v) is 7.59. The van der Waals surface area contributed by atoms with E-state index in [1.54, 1.807) is 32.0 Å². The van der Waals surface area contributed by atoms with Gasteiger partial charge in [-0.2, -0.15) is 0 Å². The van der Waals surface area contributed by atoms with Crippen LogP contribution in [-0.2, 0) is 4.79 Å². The Morgan fingerprint density at radius 2 is 2.05 bits per heavy atom. The molecule has 21 heavy (non-hydrogen) atoms. The van der Waals surface area contributed by atoms with Crippen molar-refractivity contribution < 1.29 is 14.7 Å². The SMILES string of the molecule is CC(=O)CC1CCCCCN1C(=O)c1ccc(O)c(C)c1. The van der Waals surface area contributed by atoms with Gasteiger partial charge in [0.2, 0.25) is 0 Å². The van der Waals surface area contributed by atoms with Crippen molar-refractivity contribution in [2.45, 2.75) is 52.0 Å². The Hall–Kier alpha value is -1.84. The van der Waals surface area contributed by atoms with Crippen LogP contribution >= 0.6 is 0 Å². The number of Topliss-reactive ketones (excluding diaryl/α,β-unsaturated/α-hetero) is 1. The van der Waals surface area contributed by atoms with E-state index in [1.165, 1.54) is 0 Å². The van der Waals surface area contributed by atoms with Crippen LogP contribution in [0.3, 0.4) is 0 Å². The number of carbonyl (C=O) groups excluding carboxylic acids is 2. The van der Waals surface area contributed by atoms with Gasteiger partial charge < -0.3 is 10.0 Å². The molecule has 1 aliphatic heterocycles. The molecule has 2 rings (SSSR count). The highest BCUT2D eigenvalue weighted by Gasteiger charge is 2.27. The Morgan fingerprint density at radius 1 is 1.29 bits per heavy atom. The van der Waals surface area contributed by atoms with Crippen molar-refractivity contribution in [3.8, 4) is 5.75 Å². The summed E-state index contributed by atoms with van der Waals surface area (Å²) in [5.74, 6) is 0.288. The van der Waals surface area contributed by atoms with Crippen LogP contribution in [0.1, 0.15) is 54.9 Å². The van der Waals surface area contributed by atoms with E-state index >= 15 is 0 Å². The van der Waals surface area contributed by atoms with Gasteiger partial charge in [-0.15, -0.1) is 0 Å². The molecule has 0 aromatic heterocycles. The molecule has 1 N–H and O–H groups in total. The van der Waals surface area contributed by atoms with Crippen molar-refractivity contribution in [3.05, 3.63) is 29.3 Å². The van der Waals surface area contributed by atoms with Gasteiger partial charge in [0.1, 0.15) is 11.5 Å². The van der Waals surface area contributed by atoms with Crippen molar-refractivity contribution in [2.75, 3.05) is 6.54 Å². The van der Waals surface area contributed by atoms with Gasteiger partial charge in [-0.3, -0.25) is 9.59 Å². The monoisotopic (exact) mass is 289 g/mol. The van der Waals surface area contributed by atoms with Crippen LogP contribution in [0.2, 0.25) is 0 Å². The van der Waals surface area contributed by atoms with E-state index in [0.29, 0.717) is 24.1 Å². The number of ketones is 1. The van der Waals surface area contributed by atoms with Gasteiger partial charge >= 0.3 is 0 Å². The molecule has 0 bridgehead atoms. The summed E-state index contributed by atoms with van der Waals surface area (Å²) in [5.41, 5.74) is 1.28. The number of rotatable bonds is 3. The fourth-order valence-corrected chi connectivity index (χ4v) is 2.94. The van der Waals surface area contributed by atoms with E-state index < -0.39 is 0 Å². The number of nitrogens with zero attached hydrogens (tertiary/aromatic N) is 1. The molecule has 1 aliphatic rings. The minimum Gasteiger partial charge on any atom is -0.508 e. The van der Waals surface area contributed by atoms with Crippen molar-refractivity contribution in [1.29, 1.82) is 0 Å². The maximum Gasteiger partial charge on any atom is 0.254 e. The topological polar surface area (TPSA) is 57.6 Å². The lowest BCUT2D eigenvalue weighted by molar-refractivity contribution is -0.118. The summed E-state index contributed by atoms with van der Waals surface area (Å²) in [6, 6.07) is 4.93. The molecule has 0 spiro atoms. The number of benzene rings is 1. The van der Waals surface area contributed by atoms with E-state index in [1.807, 2.05) is 4.90 Å². The molecule has 1 heterocycles. The quantitative estimate of drug-likeness (QED) is 0.930. The first-order chi connectivity index (χ1) is 9.99. The van der Waals surface area contributed by atoms with E-state index in [9.17, 15) is 14.7 Å². The second-order valence-electron chi connectivity index (χ2n) is 5.91. The summed E-state index contributed by atoms with van der Waals surface area (Å²) >= 11 is 0. The molecule has 0 radical (unpaired) electrons. The molecular formula is C17H23NO3. The van der Waals surface area contributed by atoms with E-state index in [4.69, 9.17) is 0 Å². The molecule has 4 nitrogen and oxygen atoms in total. The first kappa shape index (κ1) is 15.5. The predicted octanol–water partition coefficient (Wildman–Crippen LogP) is 3.06. The third kappa shape index (κ3) is 3.84. The average molecular weight is 289 g/mol. The van der Waals surface area contributed by atoms with Crippen LogP contribution in [0.4, 0.5) is 0 Å². The van der Waals surface area contributed by atoms with E-state index in [-0.39, 0.29) is 23.5 Å². The summed E-state index contributed by atoms with van der Waals surface area (Å²) in [7, 11) is 0. The number of hydrogen-bond donors (Lipinski definition) is 1. The largest absolute Gasteiger partial charge is 0.508 e. The number of phenols is 1. The zero-order valence-corrected chi connectivity index (χ0v) is 12.8. The second kappa shape index (κ2) is 6.74. The second-order valence-corrected chi connectivity index (χ2v) is 5.91. The summed E-state index contributed by atoms with van der Waals surface area (Å²) in [5, 5.41) is 9.58. The van der Waals surface area contributed by atoms with Gasteiger partial charge in [-0.1, -0.05) is 12.8 Å². The fraction of sp³-hybridized carbons (Fsp3) is 0.529. The number of aromatic hydroxyl groups is 1. The number of hydrogen-bond acceptors (Lipinski definition) is 3. The van der Waals surface area contributed by atoms with Crippen LogP contribution < -0.4 is 0 Å². The third-order valence-corrected chi connectivity index (χ3v) is 4.10. The number of amides is 1. The smallest absolute Gasteiger partial charge is 0.254 e. The Morgan fingerprint density at radius 3 is 2.71 bits per heavy atom. The first-order valence-electron chi connectivity index (χ1n) is 7.59. The highest BCUT2D eigenvalue weighted by Crippen LogP contribution is 2.24. The Bertz CT molecular complexity index is 539. The summed E-state index contributed by atoms with van der Waals surface area (Å²) in [6.45, 7) is 4.07. The summed E-state index contributed by atoms with van der Waals surface area (Å²) in [6.07, 6.45) is 4.48. The van der Waals surface area contributed by atoms with Crippen LogP contribution in [0.25, 0.3) is 0 Å². The predicted molar refractivity (Wildman–Crippen MR) is 81.4 cm³/mol. The molecule has 1 atom stereocenters. The lowest BCUT2D eigenvalue weighted by Gasteiger charge is -2.29. The number of carbonyl (C=O) groups is 2. The molecule has 1 unspecified atom stereocenters. The van der Waals surface area contributed by atoms with Gasteiger partial charge in [-0.05, 0) is 50.5 Å². The Labute approximate surface area is 125 Å². The molecule has 0 saturated carbocycles. The minimum absolute atomic E-state index is 0.00612. The zero-order valence-electron chi connectivity index (χ0n) is 12.8. The Balaban J connectivity index is 2.23. The molecule has 1 fully saturated rings. The molecule has 1 aromatic rings. The molecular weight excluding hydrogens is 266 g/mol. The molecule has 0 aliphatic carbocycles. The fourth-order valence-electron chi connectivity index (χ4n) is 2.94. The lowest BCUT2D eigenvalue weighted by Crippen LogP contribution is -2.41. The van der Waals surface area contributed by atoms with Crippen LogP contribution in [0.5, 0.6) is 5.75 Å². The van der Waals surface area contributed by atoms with Crippen molar-refractivity contribution >= 4 is 11.7 Å². The van der Waals surface area contributed by atoms with Crippen molar-refractivity contribution in [3.63, 3.8) is 0 Å². The van der Waals surface area contributed by atoms with Crippen LogP contribution in [-0.4, -0.2) is 34.3 Å². The maximum absolute atomic E-state index is 12.7. The zero-order chi connectivity index (χ0) is 15.4. The number of likely N-dealkylation sites (tertiary alicyclic amines) is 1. The van der Waals surface area contributed by atoms with Gasteiger partial charge in [0.15, 0.2) is 0 Å². The van der Waals surface area contributed by atoms with Crippen LogP contribution in [0.15, 0.2) is 18.2 Å². The summed E-state index contributed by atoms with van der Waals surface area (Å²) < 4.78 is 0. The molecule has 4 heteroatoms. The molecule has 1 amide bonds. The van der Waals surface area contributed by atoms with Crippen LogP contribution in [0, 0.1) is 6.92 Å². The highest BCUT2D eigenvalue weighted by molar-refractivity contribution is 5.95. The standard InChI is InChI=1S/C17H23NO3/c1-12-10-14(7-8-16(12)20)17(21)18-9-5-3-4-6-15(18)11-13(2)19/h7-8,10,15,20H,3-6,9,11H2,1-2H3. The van der Waals surface area contributed by atoms with Gasteiger partial charge in [0.05, 0.1) is 0 Å². The number of aryl methyl sites for hydroxylation is 1. The minimum atomic E-state index is -0.0359. The molecule has 1 saturated heterocycles. The maximum atomic E-state index is 12.7. The van der Waals surface area contributed by atoms with E-state index in [0.717, 1.165) is 25.7 Å². The van der Waals surface area contributed by atoms with Crippen molar-refractivity contribution in [1.82, 2.24) is 4.90 Å².